The number of fused-ring (bicyclic) bond motifs is 1. The maximum absolute atomic E-state index is 13.1. The van der Waals surface area contributed by atoms with Crippen molar-refractivity contribution in [1.82, 2.24) is 15.1 Å². The molecule has 38 heavy (non-hydrogen) atoms. The van der Waals surface area contributed by atoms with Crippen molar-refractivity contribution >= 4 is 5.91 Å². The van der Waals surface area contributed by atoms with Gasteiger partial charge in [-0.15, -0.1) is 0 Å². The molecule has 1 saturated heterocycles. The summed E-state index contributed by atoms with van der Waals surface area (Å²) in [6.45, 7) is 5.48. The van der Waals surface area contributed by atoms with Gasteiger partial charge in [-0.05, 0) is 59.7 Å². The zero-order valence-corrected chi connectivity index (χ0v) is 22.2. The molecule has 1 aliphatic heterocycles. The number of aryl methyl sites for hydroxylation is 1. The molecule has 2 atom stereocenters. The number of nitrogens with one attached hydrogen (secondary N) is 1. The van der Waals surface area contributed by atoms with Crippen LogP contribution in [0.5, 0.6) is 0 Å². The van der Waals surface area contributed by atoms with Crippen molar-refractivity contribution in [2.75, 3.05) is 33.2 Å². The Morgan fingerprint density at radius 1 is 0.947 bits per heavy atom. The van der Waals surface area contributed by atoms with E-state index in [1.807, 2.05) is 30.3 Å². The Hall–Kier alpha value is -3.50. The average molecular weight is 508 g/mol. The quantitative estimate of drug-likeness (QED) is 0.511. The molecule has 0 bridgehead atoms. The first-order chi connectivity index (χ1) is 18.4. The first-order valence-electron chi connectivity index (χ1n) is 13.6. The van der Waals surface area contributed by atoms with Gasteiger partial charge in [0.2, 0.25) is 5.91 Å². The van der Waals surface area contributed by atoms with Gasteiger partial charge in [0.1, 0.15) is 6.04 Å². The molecule has 0 saturated carbocycles. The minimum absolute atomic E-state index is 0.244. The first kappa shape index (κ1) is 26.1. The lowest BCUT2D eigenvalue weighted by atomic mass is 9.78. The topological polar surface area (TPSA) is 85.4 Å². The second-order valence-electron chi connectivity index (χ2n) is 10.9. The molecule has 3 N–H and O–H groups in total. The summed E-state index contributed by atoms with van der Waals surface area (Å²) in [5.74, 6) is -0.244. The molecular weight excluding hydrogens is 470 g/mol. The number of nitrogens with zero attached hydrogens (tertiary/aromatic N) is 3. The van der Waals surface area contributed by atoms with Crippen molar-refractivity contribution in [2.45, 2.75) is 43.8 Å². The molecule has 196 valence electrons. The largest absolute Gasteiger partial charge is 0.338 e. The van der Waals surface area contributed by atoms with Crippen LogP contribution in [0.15, 0.2) is 72.8 Å². The molecular formula is C32H37N5O. The van der Waals surface area contributed by atoms with Crippen LogP contribution >= 0.6 is 0 Å². The Balaban J connectivity index is 1.16. The van der Waals surface area contributed by atoms with Gasteiger partial charge in [0.25, 0.3) is 0 Å². The molecule has 5 rings (SSSR count). The second-order valence-corrected chi connectivity index (χ2v) is 10.9. The molecule has 0 radical (unpaired) electrons. The highest BCUT2D eigenvalue weighted by atomic mass is 16.2. The van der Waals surface area contributed by atoms with E-state index in [1.165, 1.54) is 16.7 Å². The highest BCUT2D eigenvalue weighted by molar-refractivity contribution is 5.87. The molecule has 1 aliphatic carbocycles. The third-order valence-electron chi connectivity index (χ3n) is 8.06. The van der Waals surface area contributed by atoms with Crippen molar-refractivity contribution < 1.29 is 4.79 Å². The molecule has 1 heterocycles. The SMILES string of the molecule is CN1CCN(Cc2ccc(-c3ccc(CC(C#N)NC(=O)[C@@]4(N)CCc5ccccc5C4)cc3)cc2)CC1. The predicted octanol–water partition coefficient (Wildman–Crippen LogP) is 3.54. The number of carbonyl (C=O) groups excluding carboxylic acids is 1. The number of hydrogen-bond acceptors (Lipinski definition) is 5. The smallest absolute Gasteiger partial charge is 0.241 e. The van der Waals surface area contributed by atoms with E-state index >= 15 is 0 Å². The molecule has 3 aromatic carbocycles. The van der Waals surface area contributed by atoms with E-state index in [0.29, 0.717) is 19.3 Å². The lowest BCUT2D eigenvalue weighted by molar-refractivity contribution is -0.127. The monoisotopic (exact) mass is 507 g/mol. The van der Waals surface area contributed by atoms with Crippen molar-refractivity contribution in [3.8, 4) is 17.2 Å². The number of hydrogen-bond donors (Lipinski definition) is 2. The summed E-state index contributed by atoms with van der Waals surface area (Å²) >= 11 is 0. The van der Waals surface area contributed by atoms with Gasteiger partial charge in [0.05, 0.1) is 11.6 Å². The fourth-order valence-corrected chi connectivity index (χ4v) is 5.52. The molecule has 3 aromatic rings. The van der Waals surface area contributed by atoms with Crippen LogP contribution in [0.3, 0.4) is 0 Å². The maximum Gasteiger partial charge on any atom is 0.241 e. The van der Waals surface area contributed by atoms with Crippen LogP contribution in [0.4, 0.5) is 0 Å². The van der Waals surface area contributed by atoms with Gasteiger partial charge in [-0.1, -0.05) is 72.8 Å². The van der Waals surface area contributed by atoms with Crippen molar-refractivity contribution in [2.24, 2.45) is 5.73 Å². The summed E-state index contributed by atoms with van der Waals surface area (Å²) in [6, 6.07) is 26.8. The Morgan fingerprint density at radius 2 is 1.55 bits per heavy atom. The van der Waals surface area contributed by atoms with Crippen LogP contribution in [-0.4, -0.2) is 60.5 Å². The van der Waals surface area contributed by atoms with Gasteiger partial charge >= 0.3 is 0 Å². The van der Waals surface area contributed by atoms with E-state index in [0.717, 1.165) is 55.8 Å². The Labute approximate surface area is 226 Å². The number of carbonyl (C=O) groups is 1. The number of nitriles is 1. The van der Waals surface area contributed by atoms with Crippen LogP contribution in [0.25, 0.3) is 11.1 Å². The van der Waals surface area contributed by atoms with E-state index in [1.54, 1.807) is 0 Å². The average Bonchev–Trinajstić information content (AvgIpc) is 2.94. The number of amides is 1. The van der Waals surface area contributed by atoms with Crippen molar-refractivity contribution in [1.29, 1.82) is 5.26 Å². The van der Waals surface area contributed by atoms with Crippen molar-refractivity contribution in [3.05, 3.63) is 95.1 Å². The third-order valence-corrected chi connectivity index (χ3v) is 8.06. The van der Waals surface area contributed by atoms with E-state index in [2.05, 4.69) is 70.7 Å². The van der Waals surface area contributed by atoms with Crippen LogP contribution in [0, 0.1) is 11.3 Å². The molecule has 1 fully saturated rings. The third kappa shape index (κ3) is 6.14. The van der Waals surface area contributed by atoms with E-state index in [-0.39, 0.29) is 5.91 Å². The standard InChI is InChI=1S/C32H37N5O/c1-36-16-18-37(19-17-36)23-25-8-12-28(13-9-25)27-10-6-24(7-11-27)20-30(22-33)35-31(38)32(34)15-14-26-4-2-3-5-29(26)21-32/h2-13,30H,14-21,23,34H2,1H3,(H,35,38)/t30?,32-/m1/s1. The number of nitrogens with two attached hydrogens (primary N) is 1. The minimum atomic E-state index is -0.982. The molecule has 1 amide bonds. The second kappa shape index (κ2) is 11.5. The normalized spacial score (nSPS) is 20.8. The molecule has 6 nitrogen and oxygen atoms in total. The fourth-order valence-electron chi connectivity index (χ4n) is 5.52. The molecule has 6 heteroatoms. The predicted molar refractivity (Wildman–Crippen MR) is 151 cm³/mol. The molecule has 0 aromatic heterocycles. The van der Waals surface area contributed by atoms with Gasteiger partial charge in [0, 0.05) is 39.1 Å². The van der Waals surface area contributed by atoms with E-state index in [9.17, 15) is 10.1 Å². The summed E-state index contributed by atoms with van der Waals surface area (Å²) in [5, 5.41) is 12.7. The zero-order chi connectivity index (χ0) is 26.5. The van der Waals surface area contributed by atoms with Gasteiger partial charge in [0.15, 0.2) is 0 Å². The Kier molecular flexibility index (Phi) is 7.90. The zero-order valence-electron chi connectivity index (χ0n) is 22.2. The van der Waals surface area contributed by atoms with Gasteiger partial charge in [-0.2, -0.15) is 5.26 Å². The van der Waals surface area contributed by atoms with Crippen molar-refractivity contribution in [3.63, 3.8) is 0 Å². The van der Waals surface area contributed by atoms with Gasteiger partial charge < -0.3 is 16.0 Å². The summed E-state index contributed by atoms with van der Waals surface area (Å²) in [6.07, 6.45) is 2.29. The minimum Gasteiger partial charge on any atom is -0.338 e. The maximum atomic E-state index is 13.1. The first-order valence-corrected chi connectivity index (χ1v) is 13.6. The lowest BCUT2D eigenvalue weighted by Gasteiger charge is -2.34. The summed E-state index contributed by atoms with van der Waals surface area (Å²) in [7, 11) is 2.18. The van der Waals surface area contributed by atoms with Gasteiger partial charge in [-0.25, -0.2) is 0 Å². The molecule has 2 aliphatic rings. The highest BCUT2D eigenvalue weighted by Crippen LogP contribution is 2.27. The van der Waals surface area contributed by atoms with Crippen LogP contribution in [0.1, 0.15) is 28.7 Å². The van der Waals surface area contributed by atoms with E-state index < -0.39 is 11.6 Å². The van der Waals surface area contributed by atoms with E-state index in [4.69, 9.17) is 5.73 Å². The number of rotatable bonds is 7. The molecule has 1 unspecified atom stereocenters. The van der Waals surface area contributed by atoms with Gasteiger partial charge in [-0.3, -0.25) is 9.69 Å². The van der Waals surface area contributed by atoms with Crippen LogP contribution in [-0.2, 0) is 30.6 Å². The highest BCUT2D eigenvalue weighted by Gasteiger charge is 2.38. The number of piperazine rings is 1. The summed E-state index contributed by atoms with van der Waals surface area (Å²) in [5.41, 5.74) is 12.6. The summed E-state index contributed by atoms with van der Waals surface area (Å²) < 4.78 is 0. The molecule has 0 spiro atoms. The Morgan fingerprint density at radius 3 is 2.18 bits per heavy atom. The Bertz CT molecular complexity index is 1290. The number of benzene rings is 3. The lowest BCUT2D eigenvalue weighted by Crippen LogP contribution is -2.59. The van der Waals surface area contributed by atoms with Crippen LogP contribution in [0.2, 0.25) is 0 Å². The number of likely N-dealkylation sites (N-methyl/N-ethyl adjacent to an activating group) is 1. The van der Waals surface area contributed by atoms with Crippen LogP contribution < -0.4 is 11.1 Å². The fraction of sp³-hybridized carbons (Fsp3) is 0.375. The summed E-state index contributed by atoms with van der Waals surface area (Å²) in [4.78, 5) is 18.0.